The lowest BCUT2D eigenvalue weighted by Gasteiger charge is -1.96. The Labute approximate surface area is 113 Å². The number of halogens is 2. The highest BCUT2D eigenvalue weighted by molar-refractivity contribution is 9.11. The van der Waals surface area contributed by atoms with E-state index in [2.05, 4.69) is 25.7 Å². The van der Waals surface area contributed by atoms with Crippen molar-refractivity contribution in [2.45, 2.75) is 0 Å². The second-order valence-electron chi connectivity index (χ2n) is 2.74. The van der Waals surface area contributed by atoms with E-state index in [1.54, 1.807) is 6.07 Å². The Morgan fingerprint density at radius 2 is 2.25 bits per heavy atom. The van der Waals surface area contributed by atoms with Gasteiger partial charge in [-0.2, -0.15) is 0 Å². The van der Waals surface area contributed by atoms with E-state index in [1.807, 2.05) is 6.07 Å². The van der Waals surface area contributed by atoms with E-state index in [9.17, 15) is 4.79 Å². The van der Waals surface area contributed by atoms with Crippen LogP contribution < -0.4 is 0 Å². The first kappa shape index (κ1) is 12.0. The van der Waals surface area contributed by atoms with Gasteiger partial charge in [-0.3, -0.25) is 0 Å². The number of hydrogen-bond donors (Lipinski definition) is 0. The molecule has 0 radical (unpaired) electrons. The minimum absolute atomic E-state index is 0.317. The van der Waals surface area contributed by atoms with E-state index in [0.717, 1.165) is 9.75 Å². The summed E-state index contributed by atoms with van der Waals surface area (Å²) in [4.78, 5) is 17.3. The molecule has 0 atom stereocenters. The highest BCUT2D eigenvalue weighted by Gasteiger charge is 2.20. The number of carbonyl (C=O) groups is 1. The zero-order valence-corrected chi connectivity index (χ0v) is 12.0. The Morgan fingerprint density at radius 3 is 2.81 bits per heavy atom. The summed E-state index contributed by atoms with van der Waals surface area (Å²) in [6.45, 7) is 0. The van der Waals surface area contributed by atoms with Gasteiger partial charge in [0, 0.05) is 4.88 Å². The van der Waals surface area contributed by atoms with Gasteiger partial charge in [-0.05, 0) is 28.1 Å². The Hall–Kier alpha value is -0.430. The number of hydrogen-bond acceptors (Lipinski definition) is 5. The fourth-order valence-electron chi connectivity index (χ4n) is 1.13. The molecule has 7 heteroatoms. The summed E-state index contributed by atoms with van der Waals surface area (Å²) in [6, 6.07) is 3.65. The summed E-state index contributed by atoms with van der Waals surface area (Å²) >= 11 is 11.9. The maximum absolute atomic E-state index is 11.5. The van der Waals surface area contributed by atoms with E-state index in [-0.39, 0.29) is 0 Å². The summed E-state index contributed by atoms with van der Waals surface area (Å²) in [5.74, 6) is -0.443. The third-order valence-corrected chi connectivity index (χ3v) is 4.69. The smallest absolute Gasteiger partial charge is 0.358 e. The van der Waals surface area contributed by atoms with Gasteiger partial charge in [-0.25, -0.2) is 9.78 Å². The van der Waals surface area contributed by atoms with Crippen molar-refractivity contribution in [1.82, 2.24) is 4.98 Å². The number of methoxy groups -OCH3 is 1. The fourth-order valence-corrected chi connectivity index (χ4v) is 3.73. The molecule has 2 rings (SSSR count). The van der Waals surface area contributed by atoms with Crippen LogP contribution in [0.2, 0.25) is 4.34 Å². The van der Waals surface area contributed by atoms with Crippen molar-refractivity contribution in [3.63, 3.8) is 0 Å². The minimum Gasteiger partial charge on any atom is -0.464 e. The molecule has 0 aromatic carbocycles. The number of aromatic nitrogens is 1. The second kappa shape index (κ2) is 4.83. The largest absolute Gasteiger partial charge is 0.464 e. The third-order valence-electron chi connectivity index (χ3n) is 1.78. The van der Waals surface area contributed by atoms with Crippen LogP contribution in [0, 0.1) is 0 Å². The molecule has 0 aliphatic heterocycles. The molecule has 84 valence electrons. The van der Waals surface area contributed by atoms with Gasteiger partial charge in [0.15, 0.2) is 9.61 Å². The number of nitrogens with zero attached hydrogens (tertiary/aromatic N) is 1. The molecular formula is C9H5BrClNO2S2. The highest BCUT2D eigenvalue weighted by Crippen LogP contribution is 2.38. The van der Waals surface area contributed by atoms with Gasteiger partial charge in [0.1, 0.15) is 0 Å². The first-order valence-corrected chi connectivity index (χ1v) is 6.92. The summed E-state index contributed by atoms with van der Waals surface area (Å²) in [5, 5.41) is 0. The molecule has 2 aromatic heterocycles. The van der Waals surface area contributed by atoms with Crippen LogP contribution in [0.5, 0.6) is 0 Å². The van der Waals surface area contributed by atoms with Gasteiger partial charge in [-0.15, -0.1) is 22.7 Å². The average Bonchev–Trinajstić information content (AvgIpc) is 2.83. The Balaban J connectivity index is 2.52. The van der Waals surface area contributed by atoms with Crippen molar-refractivity contribution in [2.24, 2.45) is 0 Å². The molecule has 0 aliphatic carbocycles. The molecule has 0 N–H and O–H groups in total. The predicted octanol–water partition coefficient (Wildman–Crippen LogP) is 4.07. The number of rotatable bonds is 2. The van der Waals surface area contributed by atoms with Gasteiger partial charge in [0.2, 0.25) is 0 Å². The first-order valence-electron chi connectivity index (χ1n) is 4.12. The van der Waals surface area contributed by atoms with Crippen LogP contribution in [-0.2, 0) is 4.74 Å². The molecule has 0 saturated carbocycles. The number of thiazole rings is 1. The van der Waals surface area contributed by atoms with Crippen LogP contribution in [0.1, 0.15) is 10.5 Å². The van der Waals surface area contributed by atoms with Crippen molar-refractivity contribution in [3.05, 3.63) is 26.1 Å². The molecule has 0 fully saturated rings. The Morgan fingerprint density at radius 1 is 1.50 bits per heavy atom. The molecule has 16 heavy (non-hydrogen) atoms. The molecule has 2 heterocycles. The minimum atomic E-state index is -0.443. The monoisotopic (exact) mass is 337 g/mol. The van der Waals surface area contributed by atoms with Crippen molar-refractivity contribution in [3.8, 4) is 9.75 Å². The van der Waals surface area contributed by atoms with Crippen LogP contribution in [0.15, 0.2) is 16.0 Å². The fraction of sp³-hybridized carbons (Fsp3) is 0.111. The molecule has 0 spiro atoms. The summed E-state index contributed by atoms with van der Waals surface area (Å²) in [5.41, 5.74) is 0.317. The number of ether oxygens (including phenoxy) is 1. The van der Waals surface area contributed by atoms with Gasteiger partial charge >= 0.3 is 5.97 Å². The topological polar surface area (TPSA) is 39.2 Å². The van der Waals surface area contributed by atoms with E-state index in [0.29, 0.717) is 13.9 Å². The zero-order chi connectivity index (χ0) is 11.7. The molecule has 0 saturated heterocycles. The lowest BCUT2D eigenvalue weighted by Crippen LogP contribution is -2.02. The van der Waals surface area contributed by atoms with Crippen molar-refractivity contribution >= 4 is 56.2 Å². The number of thiophene rings is 1. The van der Waals surface area contributed by atoms with Crippen molar-refractivity contribution in [1.29, 1.82) is 0 Å². The predicted molar refractivity (Wildman–Crippen MR) is 69.5 cm³/mol. The number of esters is 1. The SMILES string of the molecule is COC(=O)c1nc(Br)sc1-c1ccc(Cl)s1. The van der Waals surface area contributed by atoms with E-state index >= 15 is 0 Å². The molecule has 3 nitrogen and oxygen atoms in total. The molecule has 2 aromatic rings. The van der Waals surface area contributed by atoms with E-state index < -0.39 is 5.97 Å². The molecule has 0 unspecified atom stereocenters. The van der Waals surface area contributed by atoms with Crippen LogP contribution in [0.4, 0.5) is 0 Å². The lowest BCUT2D eigenvalue weighted by molar-refractivity contribution is 0.0595. The van der Waals surface area contributed by atoms with Crippen molar-refractivity contribution in [2.75, 3.05) is 7.11 Å². The summed E-state index contributed by atoms with van der Waals surface area (Å²) in [7, 11) is 1.33. The van der Waals surface area contributed by atoms with Gasteiger partial charge in [-0.1, -0.05) is 11.6 Å². The summed E-state index contributed by atoms with van der Waals surface area (Å²) < 4.78 is 6.00. The standard InChI is InChI=1S/C9H5BrClNO2S2/c1-14-8(13)6-7(16-9(10)12-6)4-2-3-5(11)15-4/h2-3H,1H3. The molecule has 0 amide bonds. The van der Waals surface area contributed by atoms with Crippen LogP contribution in [0.3, 0.4) is 0 Å². The molecule has 0 aliphatic rings. The van der Waals surface area contributed by atoms with Gasteiger partial charge in [0.25, 0.3) is 0 Å². The Kier molecular flexibility index (Phi) is 3.63. The van der Waals surface area contributed by atoms with E-state index in [4.69, 9.17) is 11.6 Å². The maximum Gasteiger partial charge on any atom is 0.358 e. The Bertz CT molecular complexity index is 537. The quantitative estimate of drug-likeness (QED) is 0.775. The third kappa shape index (κ3) is 2.29. The zero-order valence-electron chi connectivity index (χ0n) is 7.99. The number of carbonyl (C=O) groups excluding carboxylic acids is 1. The van der Waals surface area contributed by atoms with Crippen LogP contribution in [0.25, 0.3) is 9.75 Å². The second-order valence-corrected chi connectivity index (χ2v) is 6.73. The van der Waals surface area contributed by atoms with Crippen LogP contribution in [-0.4, -0.2) is 18.1 Å². The van der Waals surface area contributed by atoms with Gasteiger partial charge < -0.3 is 4.74 Å². The molecular weight excluding hydrogens is 334 g/mol. The highest BCUT2D eigenvalue weighted by atomic mass is 79.9. The lowest BCUT2D eigenvalue weighted by atomic mass is 10.3. The normalized spacial score (nSPS) is 10.4. The van der Waals surface area contributed by atoms with Gasteiger partial charge in [0.05, 0.1) is 16.3 Å². The summed E-state index contributed by atoms with van der Waals surface area (Å²) in [6.07, 6.45) is 0. The van der Waals surface area contributed by atoms with Crippen molar-refractivity contribution < 1.29 is 9.53 Å². The molecule has 0 bridgehead atoms. The maximum atomic E-state index is 11.5. The van der Waals surface area contributed by atoms with Crippen LogP contribution >= 0.6 is 50.2 Å². The average molecular weight is 339 g/mol. The first-order chi connectivity index (χ1) is 7.61. The van der Waals surface area contributed by atoms with E-state index in [1.165, 1.54) is 29.8 Å².